The average molecular weight is 233 g/mol. The summed E-state index contributed by atoms with van der Waals surface area (Å²) < 4.78 is 5.31. The molecule has 1 heterocycles. The Balaban J connectivity index is 1.44. The molecule has 0 aromatic rings. The number of ether oxygens (including phenoxy) is 1. The molecule has 2 fully saturated rings. The van der Waals surface area contributed by atoms with Gasteiger partial charge in [-0.15, -0.1) is 11.6 Å². The van der Waals surface area contributed by atoms with E-state index >= 15 is 0 Å². The summed E-state index contributed by atoms with van der Waals surface area (Å²) in [6, 6.07) is 0. The van der Waals surface area contributed by atoms with E-state index in [9.17, 15) is 0 Å². The predicted molar refractivity (Wildman–Crippen MR) is 62.5 cm³/mol. The normalized spacial score (nSPS) is 32.6. The smallest absolute Gasteiger partial charge is 0.0594 e. The van der Waals surface area contributed by atoms with E-state index in [2.05, 4.69) is 10.2 Å². The zero-order valence-electron chi connectivity index (χ0n) is 9.25. The molecule has 88 valence electrons. The molecule has 15 heavy (non-hydrogen) atoms. The van der Waals surface area contributed by atoms with Crippen LogP contribution in [-0.4, -0.2) is 56.2 Å². The third-order valence-electron chi connectivity index (χ3n) is 3.32. The van der Waals surface area contributed by atoms with Crippen LogP contribution >= 0.6 is 11.6 Å². The van der Waals surface area contributed by atoms with Crippen LogP contribution in [0, 0.1) is 5.92 Å². The van der Waals surface area contributed by atoms with Crippen LogP contribution in [0.1, 0.15) is 12.8 Å². The summed E-state index contributed by atoms with van der Waals surface area (Å²) >= 11 is 5.93. The number of halogens is 1. The molecule has 1 N–H and O–H groups in total. The number of morpholine rings is 1. The highest BCUT2D eigenvalue weighted by molar-refractivity contribution is 6.21. The van der Waals surface area contributed by atoms with Gasteiger partial charge in [0.1, 0.15) is 0 Å². The van der Waals surface area contributed by atoms with Crippen molar-refractivity contribution in [3.8, 4) is 0 Å². The second kappa shape index (κ2) is 6.04. The molecule has 2 aliphatic rings. The summed E-state index contributed by atoms with van der Waals surface area (Å²) in [5.74, 6) is 0.831. The van der Waals surface area contributed by atoms with Crippen LogP contribution in [0.15, 0.2) is 0 Å². The Morgan fingerprint density at radius 1 is 1.27 bits per heavy atom. The van der Waals surface area contributed by atoms with Gasteiger partial charge in [-0.1, -0.05) is 0 Å². The molecule has 4 heteroatoms. The summed E-state index contributed by atoms with van der Waals surface area (Å²) in [5, 5.41) is 3.97. The minimum atomic E-state index is 0.455. The van der Waals surface area contributed by atoms with Gasteiger partial charge in [-0.2, -0.15) is 0 Å². The van der Waals surface area contributed by atoms with Gasteiger partial charge in [-0.05, 0) is 25.3 Å². The SMILES string of the molecule is ClC1CC(CNCCN2CCOCC2)C1. The monoisotopic (exact) mass is 232 g/mol. The standard InChI is InChI=1S/C11H21ClN2O/c12-11-7-10(8-11)9-13-1-2-14-3-5-15-6-4-14/h10-11,13H,1-9H2. The molecule has 1 aliphatic heterocycles. The van der Waals surface area contributed by atoms with E-state index in [1.165, 1.54) is 12.8 Å². The number of hydrogen-bond acceptors (Lipinski definition) is 3. The van der Waals surface area contributed by atoms with Crippen molar-refractivity contribution in [2.24, 2.45) is 5.92 Å². The van der Waals surface area contributed by atoms with E-state index in [0.29, 0.717) is 5.38 Å². The molecule has 0 aromatic carbocycles. The van der Waals surface area contributed by atoms with Crippen molar-refractivity contribution in [2.75, 3.05) is 45.9 Å². The lowest BCUT2D eigenvalue weighted by Gasteiger charge is -2.31. The molecule has 0 bridgehead atoms. The fraction of sp³-hybridized carbons (Fsp3) is 1.00. The summed E-state index contributed by atoms with van der Waals surface area (Å²) in [6.07, 6.45) is 2.40. The number of rotatable bonds is 5. The van der Waals surface area contributed by atoms with Gasteiger partial charge in [0.2, 0.25) is 0 Å². The number of nitrogens with one attached hydrogen (secondary N) is 1. The first-order valence-electron chi connectivity index (χ1n) is 5.99. The van der Waals surface area contributed by atoms with Crippen molar-refractivity contribution < 1.29 is 4.74 Å². The van der Waals surface area contributed by atoms with Crippen molar-refractivity contribution in [2.45, 2.75) is 18.2 Å². The van der Waals surface area contributed by atoms with Gasteiger partial charge >= 0.3 is 0 Å². The minimum absolute atomic E-state index is 0.455. The van der Waals surface area contributed by atoms with Gasteiger partial charge in [0.05, 0.1) is 13.2 Å². The van der Waals surface area contributed by atoms with Crippen LogP contribution in [0.2, 0.25) is 0 Å². The Morgan fingerprint density at radius 3 is 2.67 bits per heavy atom. The van der Waals surface area contributed by atoms with E-state index in [4.69, 9.17) is 16.3 Å². The van der Waals surface area contributed by atoms with Gasteiger partial charge in [0.25, 0.3) is 0 Å². The second-order valence-corrected chi connectivity index (χ2v) is 5.21. The molecule has 2 rings (SSSR count). The average Bonchev–Trinajstić information content (AvgIpc) is 2.23. The highest BCUT2D eigenvalue weighted by atomic mass is 35.5. The molecule has 1 saturated heterocycles. The highest BCUT2D eigenvalue weighted by Gasteiger charge is 2.26. The van der Waals surface area contributed by atoms with E-state index in [0.717, 1.165) is 51.9 Å². The molecule has 0 spiro atoms. The molecule has 0 amide bonds. The Hall–Kier alpha value is 0.170. The van der Waals surface area contributed by atoms with E-state index in [-0.39, 0.29) is 0 Å². The molecule has 3 nitrogen and oxygen atoms in total. The largest absolute Gasteiger partial charge is 0.379 e. The Kier molecular flexibility index (Phi) is 4.69. The summed E-state index contributed by atoms with van der Waals surface area (Å²) in [4.78, 5) is 2.46. The Morgan fingerprint density at radius 2 is 2.00 bits per heavy atom. The van der Waals surface area contributed by atoms with Crippen molar-refractivity contribution in [3.63, 3.8) is 0 Å². The number of hydrogen-bond donors (Lipinski definition) is 1. The summed E-state index contributed by atoms with van der Waals surface area (Å²) in [7, 11) is 0. The van der Waals surface area contributed by atoms with E-state index in [1.807, 2.05) is 0 Å². The quantitative estimate of drug-likeness (QED) is 0.564. The van der Waals surface area contributed by atoms with Crippen molar-refractivity contribution in [1.82, 2.24) is 10.2 Å². The van der Waals surface area contributed by atoms with E-state index < -0.39 is 0 Å². The maximum absolute atomic E-state index is 5.93. The first-order valence-corrected chi connectivity index (χ1v) is 6.43. The summed E-state index contributed by atoms with van der Waals surface area (Å²) in [5.41, 5.74) is 0. The molecule has 1 saturated carbocycles. The fourth-order valence-corrected chi connectivity index (χ4v) is 2.69. The fourth-order valence-electron chi connectivity index (χ4n) is 2.19. The first kappa shape index (κ1) is 11.6. The second-order valence-electron chi connectivity index (χ2n) is 4.59. The van der Waals surface area contributed by atoms with Gasteiger partial charge in [-0.25, -0.2) is 0 Å². The zero-order valence-corrected chi connectivity index (χ0v) is 10.0. The van der Waals surface area contributed by atoms with Gasteiger partial charge < -0.3 is 10.1 Å². The van der Waals surface area contributed by atoms with Crippen LogP contribution < -0.4 is 5.32 Å². The van der Waals surface area contributed by atoms with Crippen LogP contribution in [-0.2, 0) is 4.74 Å². The lowest BCUT2D eigenvalue weighted by atomic mass is 9.85. The number of alkyl halides is 1. The molecule has 0 aromatic heterocycles. The lowest BCUT2D eigenvalue weighted by Crippen LogP contribution is -2.42. The molecular weight excluding hydrogens is 212 g/mol. The maximum Gasteiger partial charge on any atom is 0.0594 e. The maximum atomic E-state index is 5.93. The molecule has 0 unspecified atom stereocenters. The van der Waals surface area contributed by atoms with Crippen LogP contribution in [0.4, 0.5) is 0 Å². The van der Waals surface area contributed by atoms with Crippen molar-refractivity contribution >= 4 is 11.6 Å². The topological polar surface area (TPSA) is 24.5 Å². The van der Waals surface area contributed by atoms with Gasteiger partial charge in [0, 0.05) is 31.6 Å². The first-order chi connectivity index (χ1) is 7.34. The minimum Gasteiger partial charge on any atom is -0.379 e. The Labute approximate surface area is 97.1 Å². The van der Waals surface area contributed by atoms with Crippen molar-refractivity contribution in [1.29, 1.82) is 0 Å². The molecule has 1 aliphatic carbocycles. The van der Waals surface area contributed by atoms with E-state index in [1.54, 1.807) is 0 Å². The number of nitrogens with zero attached hydrogens (tertiary/aromatic N) is 1. The van der Waals surface area contributed by atoms with Crippen LogP contribution in [0.5, 0.6) is 0 Å². The highest BCUT2D eigenvalue weighted by Crippen LogP contribution is 2.30. The van der Waals surface area contributed by atoms with Crippen molar-refractivity contribution in [3.05, 3.63) is 0 Å². The molecular formula is C11H21ClN2O. The van der Waals surface area contributed by atoms with Crippen LogP contribution in [0.25, 0.3) is 0 Å². The molecule has 0 atom stereocenters. The van der Waals surface area contributed by atoms with Crippen LogP contribution in [0.3, 0.4) is 0 Å². The Bertz CT molecular complexity index is 179. The van der Waals surface area contributed by atoms with Gasteiger partial charge in [0.15, 0.2) is 0 Å². The predicted octanol–water partition coefficient (Wildman–Crippen LogP) is 0.926. The third kappa shape index (κ3) is 3.91. The third-order valence-corrected chi connectivity index (χ3v) is 3.68. The lowest BCUT2D eigenvalue weighted by molar-refractivity contribution is 0.0382. The zero-order chi connectivity index (χ0) is 10.5. The molecule has 0 radical (unpaired) electrons. The van der Waals surface area contributed by atoms with Gasteiger partial charge in [-0.3, -0.25) is 4.90 Å². The summed E-state index contributed by atoms with van der Waals surface area (Å²) in [6.45, 7) is 7.38.